The molecule has 0 spiro atoms. The maximum absolute atomic E-state index is 12.6. The van der Waals surface area contributed by atoms with Crippen molar-refractivity contribution in [2.45, 2.75) is 25.0 Å². The number of hydrogen-bond acceptors (Lipinski definition) is 5. The Bertz CT molecular complexity index is 1030. The monoisotopic (exact) mass is 450 g/mol. The molecular formula is C21H23ClN2O5S. The lowest BCUT2D eigenvalue weighted by Gasteiger charge is -2.25. The average molecular weight is 451 g/mol. The fourth-order valence-electron chi connectivity index (χ4n) is 3.27. The van der Waals surface area contributed by atoms with E-state index >= 15 is 0 Å². The largest absolute Gasteiger partial charge is 0.465 e. The smallest absolute Gasteiger partial charge is 0.339 e. The van der Waals surface area contributed by atoms with Crippen molar-refractivity contribution in [3.63, 3.8) is 0 Å². The number of piperidine rings is 1. The number of carbonyl (C=O) groups excluding carboxylic acids is 2. The summed E-state index contributed by atoms with van der Waals surface area (Å²) in [5.74, 6) is -1.08. The molecule has 1 amide bonds. The number of rotatable bonds is 6. The number of methoxy groups -OCH3 is 1. The molecule has 2 aromatic rings. The first-order valence-electron chi connectivity index (χ1n) is 9.56. The highest BCUT2D eigenvalue weighted by molar-refractivity contribution is 7.88. The third kappa shape index (κ3) is 5.38. The third-order valence-corrected chi connectivity index (χ3v) is 7.08. The zero-order chi connectivity index (χ0) is 21.7. The van der Waals surface area contributed by atoms with Crippen LogP contribution in [0.4, 0.5) is 5.69 Å². The quantitative estimate of drug-likeness (QED) is 0.677. The summed E-state index contributed by atoms with van der Waals surface area (Å²) in [6, 6.07) is 10.9. The van der Waals surface area contributed by atoms with Crippen molar-refractivity contribution in [1.82, 2.24) is 4.31 Å². The van der Waals surface area contributed by atoms with Crippen molar-refractivity contribution in [2.75, 3.05) is 25.5 Å². The molecule has 0 atom stereocenters. The standard InChI is InChI=1S/C21H23ClN2O5S/c1-29-21(26)18-13-17(9-10-19(18)22)23-20(25)16-7-5-15(6-8-16)14-30(27,28)24-11-3-2-4-12-24/h5-10,13H,2-4,11-12,14H2,1H3,(H,23,25). The lowest BCUT2D eigenvalue weighted by Crippen LogP contribution is -2.36. The van der Waals surface area contributed by atoms with Crippen molar-refractivity contribution >= 4 is 39.2 Å². The Labute approximate surface area is 181 Å². The van der Waals surface area contributed by atoms with Gasteiger partial charge in [-0.15, -0.1) is 0 Å². The van der Waals surface area contributed by atoms with E-state index in [1.807, 2.05) is 0 Å². The topological polar surface area (TPSA) is 92.8 Å². The summed E-state index contributed by atoms with van der Waals surface area (Å²) in [7, 11) is -2.11. The molecule has 2 aromatic carbocycles. The van der Waals surface area contributed by atoms with E-state index in [-0.39, 0.29) is 16.3 Å². The Morgan fingerprint density at radius 1 is 1.07 bits per heavy atom. The molecule has 0 radical (unpaired) electrons. The number of amides is 1. The van der Waals surface area contributed by atoms with Crippen molar-refractivity contribution in [3.05, 3.63) is 64.2 Å². The number of halogens is 1. The number of nitrogens with zero attached hydrogens (tertiary/aromatic N) is 1. The van der Waals surface area contributed by atoms with E-state index in [1.165, 1.54) is 23.5 Å². The second-order valence-electron chi connectivity index (χ2n) is 7.05. The van der Waals surface area contributed by atoms with Gasteiger partial charge in [-0.05, 0) is 48.7 Å². The first-order valence-corrected chi connectivity index (χ1v) is 11.5. The zero-order valence-corrected chi connectivity index (χ0v) is 18.1. The van der Waals surface area contributed by atoms with Crippen LogP contribution in [-0.2, 0) is 20.5 Å². The Hall–Kier alpha value is -2.42. The number of esters is 1. The van der Waals surface area contributed by atoms with E-state index in [4.69, 9.17) is 11.6 Å². The molecule has 0 aromatic heterocycles. The minimum atomic E-state index is -3.36. The van der Waals surface area contributed by atoms with Gasteiger partial charge in [-0.3, -0.25) is 4.79 Å². The molecule has 9 heteroatoms. The summed E-state index contributed by atoms with van der Waals surface area (Å²) in [5.41, 5.74) is 1.53. The summed E-state index contributed by atoms with van der Waals surface area (Å²) in [5, 5.41) is 2.91. The molecular weight excluding hydrogens is 428 g/mol. The first-order chi connectivity index (χ1) is 14.3. The number of hydrogen-bond donors (Lipinski definition) is 1. The van der Waals surface area contributed by atoms with Gasteiger partial charge in [0.15, 0.2) is 0 Å². The summed E-state index contributed by atoms with van der Waals surface area (Å²) in [4.78, 5) is 24.2. The highest BCUT2D eigenvalue weighted by atomic mass is 35.5. The Kier molecular flexibility index (Phi) is 7.12. The van der Waals surface area contributed by atoms with Crippen LogP contribution >= 0.6 is 11.6 Å². The normalized spacial score (nSPS) is 14.9. The minimum Gasteiger partial charge on any atom is -0.465 e. The summed E-state index contributed by atoms with van der Waals surface area (Å²) in [6.07, 6.45) is 2.84. The molecule has 1 fully saturated rings. The zero-order valence-electron chi connectivity index (χ0n) is 16.6. The molecule has 30 heavy (non-hydrogen) atoms. The highest BCUT2D eigenvalue weighted by Gasteiger charge is 2.24. The van der Waals surface area contributed by atoms with Crippen LogP contribution in [0.3, 0.4) is 0 Å². The van der Waals surface area contributed by atoms with Crippen LogP contribution in [0.1, 0.15) is 45.5 Å². The molecule has 0 aliphatic carbocycles. The SMILES string of the molecule is COC(=O)c1cc(NC(=O)c2ccc(CS(=O)(=O)N3CCCCC3)cc2)ccc1Cl. The van der Waals surface area contributed by atoms with Gasteiger partial charge in [0.25, 0.3) is 5.91 Å². The lowest BCUT2D eigenvalue weighted by molar-refractivity contribution is 0.0600. The van der Waals surface area contributed by atoms with Crippen molar-refractivity contribution < 1.29 is 22.7 Å². The molecule has 1 heterocycles. The summed E-state index contributed by atoms with van der Waals surface area (Å²) in [6.45, 7) is 1.13. The van der Waals surface area contributed by atoms with Crippen LogP contribution in [0, 0.1) is 0 Å². The Morgan fingerprint density at radius 2 is 1.73 bits per heavy atom. The van der Waals surface area contributed by atoms with E-state index in [1.54, 1.807) is 30.3 Å². The highest BCUT2D eigenvalue weighted by Crippen LogP contribution is 2.22. The van der Waals surface area contributed by atoms with Crippen molar-refractivity contribution in [2.24, 2.45) is 0 Å². The first kappa shape index (κ1) is 22.3. The van der Waals surface area contributed by atoms with Gasteiger partial charge in [-0.25, -0.2) is 17.5 Å². The fourth-order valence-corrected chi connectivity index (χ4v) is 5.08. The van der Waals surface area contributed by atoms with E-state index < -0.39 is 21.9 Å². The average Bonchev–Trinajstić information content (AvgIpc) is 2.75. The van der Waals surface area contributed by atoms with Gasteiger partial charge in [0.05, 0.1) is 23.4 Å². The number of carbonyl (C=O) groups is 2. The van der Waals surface area contributed by atoms with Gasteiger partial charge >= 0.3 is 5.97 Å². The lowest BCUT2D eigenvalue weighted by atomic mass is 10.1. The fraction of sp³-hybridized carbons (Fsp3) is 0.333. The molecule has 7 nitrogen and oxygen atoms in total. The predicted molar refractivity (Wildman–Crippen MR) is 115 cm³/mol. The molecule has 1 aliphatic heterocycles. The molecule has 0 saturated carbocycles. The van der Waals surface area contributed by atoms with Gasteiger partial charge < -0.3 is 10.1 Å². The number of ether oxygens (including phenoxy) is 1. The van der Waals surface area contributed by atoms with Gasteiger partial charge in [0.2, 0.25) is 10.0 Å². The predicted octanol–water partition coefficient (Wildman–Crippen LogP) is 3.69. The molecule has 1 saturated heterocycles. The van der Waals surface area contributed by atoms with E-state index in [2.05, 4.69) is 10.1 Å². The second-order valence-corrected chi connectivity index (χ2v) is 9.43. The van der Waals surface area contributed by atoms with Gasteiger partial charge in [-0.1, -0.05) is 30.2 Å². The van der Waals surface area contributed by atoms with Crippen molar-refractivity contribution in [1.29, 1.82) is 0 Å². The van der Waals surface area contributed by atoms with Crippen LogP contribution in [0.2, 0.25) is 5.02 Å². The van der Waals surface area contributed by atoms with Gasteiger partial charge in [0.1, 0.15) is 0 Å². The maximum Gasteiger partial charge on any atom is 0.339 e. The molecule has 160 valence electrons. The molecule has 0 unspecified atom stereocenters. The Morgan fingerprint density at radius 3 is 2.37 bits per heavy atom. The van der Waals surface area contributed by atoms with E-state index in [0.29, 0.717) is 29.9 Å². The number of anilines is 1. The molecule has 1 aliphatic rings. The van der Waals surface area contributed by atoms with Crippen LogP contribution in [0.15, 0.2) is 42.5 Å². The summed E-state index contributed by atoms with van der Waals surface area (Å²) >= 11 is 5.98. The molecule has 0 bridgehead atoms. The van der Waals surface area contributed by atoms with Crippen LogP contribution in [-0.4, -0.2) is 44.8 Å². The van der Waals surface area contributed by atoms with Gasteiger partial charge in [0, 0.05) is 24.3 Å². The maximum atomic E-state index is 12.6. The second kappa shape index (κ2) is 9.59. The number of sulfonamides is 1. The van der Waals surface area contributed by atoms with Crippen LogP contribution in [0.25, 0.3) is 0 Å². The van der Waals surface area contributed by atoms with Crippen LogP contribution < -0.4 is 5.32 Å². The third-order valence-electron chi connectivity index (χ3n) is 4.90. The molecule has 3 rings (SSSR count). The number of benzene rings is 2. The minimum absolute atomic E-state index is 0.0887. The van der Waals surface area contributed by atoms with E-state index in [9.17, 15) is 18.0 Å². The van der Waals surface area contributed by atoms with Crippen LogP contribution in [0.5, 0.6) is 0 Å². The van der Waals surface area contributed by atoms with E-state index in [0.717, 1.165) is 19.3 Å². The van der Waals surface area contributed by atoms with Crippen molar-refractivity contribution in [3.8, 4) is 0 Å². The van der Waals surface area contributed by atoms with Gasteiger partial charge in [-0.2, -0.15) is 0 Å². The molecule has 1 N–H and O–H groups in total. The summed E-state index contributed by atoms with van der Waals surface area (Å²) < 4.78 is 31.3. The Balaban J connectivity index is 1.67. The number of nitrogens with one attached hydrogen (secondary N) is 1.